The van der Waals surface area contributed by atoms with Crippen molar-refractivity contribution in [3.63, 3.8) is 0 Å². The van der Waals surface area contributed by atoms with E-state index in [9.17, 15) is 9.59 Å². The summed E-state index contributed by atoms with van der Waals surface area (Å²) in [6.07, 6.45) is 0.146. The van der Waals surface area contributed by atoms with Crippen LogP contribution in [0, 0.1) is 11.8 Å². The number of carbonyl (C=O) groups is 2. The minimum atomic E-state index is -1.02. The third-order valence-electron chi connectivity index (χ3n) is 2.31. The summed E-state index contributed by atoms with van der Waals surface area (Å²) in [5.41, 5.74) is 0. The summed E-state index contributed by atoms with van der Waals surface area (Å²) in [6.45, 7) is 0.487. The summed E-state index contributed by atoms with van der Waals surface area (Å²) >= 11 is 0. The van der Waals surface area contributed by atoms with Gasteiger partial charge in [-0.2, -0.15) is 0 Å². The average molecular weight is 234 g/mol. The van der Waals surface area contributed by atoms with E-state index in [-0.39, 0.29) is 26.2 Å². The molecule has 0 aliphatic heterocycles. The molecular weight excluding hydrogens is 216 g/mol. The number of hydrogen-bond donors (Lipinski definition) is 3. The van der Waals surface area contributed by atoms with Crippen LogP contribution in [0.3, 0.4) is 0 Å². The summed E-state index contributed by atoms with van der Waals surface area (Å²) in [6, 6.07) is 0. The summed E-state index contributed by atoms with van der Waals surface area (Å²) < 4.78 is 4.52. The van der Waals surface area contributed by atoms with Crippen LogP contribution in [-0.2, 0) is 14.3 Å². The first-order chi connectivity index (χ1) is 7.62. The van der Waals surface area contributed by atoms with Crippen molar-refractivity contribution in [2.24, 2.45) is 11.8 Å². The molecule has 0 saturated carbocycles. The van der Waals surface area contributed by atoms with Gasteiger partial charge in [0, 0.05) is 13.2 Å². The molecule has 0 fully saturated rings. The number of ether oxygens (including phenoxy) is 1. The first kappa shape index (κ1) is 15.0. The number of hydrogen-bond acceptors (Lipinski definition) is 6. The molecular formula is C10H18O6. The summed E-state index contributed by atoms with van der Waals surface area (Å²) in [5.74, 6) is -3.53. The Morgan fingerprint density at radius 1 is 1.19 bits per heavy atom. The standard InChI is InChI=1S/C10H18O6/c1-2-16-10(15)9(14)8(6-13)7(5-12)3-4-11/h7-8,11-13H,2-6H2,1H3. The Hall–Kier alpha value is -0.980. The molecule has 0 aliphatic rings. The van der Waals surface area contributed by atoms with Gasteiger partial charge in [-0.3, -0.25) is 4.79 Å². The van der Waals surface area contributed by atoms with Crippen LogP contribution in [0.4, 0.5) is 0 Å². The molecule has 6 heteroatoms. The molecule has 0 spiro atoms. The SMILES string of the molecule is CCOC(=O)C(=O)C(CO)C(CO)CCO. The second-order valence-electron chi connectivity index (χ2n) is 3.33. The van der Waals surface area contributed by atoms with Crippen LogP contribution in [0.2, 0.25) is 0 Å². The summed E-state index contributed by atoms with van der Waals surface area (Å²) in [4.78, 5) is 22.7. The number of rotatable bonds is 8. The van der Waals surface area contributed by atoms with Gasteiger partial charge < -0.3 is 20.1 Å². The van der Waals surface area contributed by atoms with Crippen molar-refractivity contribution in [3.05, 3.63) is 0 Å². The third-order valence-corrected chi connectivity index (χ3v) is 2.31. The lowest BCUT2D eigenvalue weighted by Crippen LogP contribution is -2.35. The highest BCUT2D eigenvalue weighted by Crippen LogP contribution is 2.16. The zero-order valence-electron chi connectivity index (χ0n) is 9.26. The third kappa shape index (κ3) is 4.26. The summed E-state index contributed by atoms with van der Waals surface area (Å²) in [5, 5.41) is 26.7. The topological polar surface area (TPSA) is 104 Å². The van der Waals surface area contributed by atoms with Crippen LogP contribution < -0.4 is 0 Å². The molecule has 0 aromatic carbocycles. The van der Waals surface area contributed by atoms with E-state index in [0.29, 0.717) is 0 Å². The van der Waals surface area contributed by atoms with Crippen LogP contribution in [0.5, 0.6) is 0 Å². The Bertz CT molecular complexity index is 227. The number of aliphatic hydroxyl groups excluding tert-OH is 3. The van der Waals surface area contributed by atoms with Crippen molar-refractivity contribution in [1.82, 2.24) is 0 Å². The molecule has 0 aliphatic carbocycles. The number of ketones is 1. The van der Waals surface area contributed by atoms with Crippen molar-refractivity contribution in [2.75, 3.05) is 26.4 Å². The minimum Gasteiger partial charge on any atom is -0.460 e. The van der Waals surface area contributed by atoms with Gasteiger partial charge in [0.2, 0.25) is 5.78 Å². The molecule has 6 nitrogen and oxygen atoms in total. The maximum Gasteiger partial charge on any atom is 0.374 e. The van der Waals surface area contributed by atoms with Crippen molar-refractivity contribution in [2.45, 2.75) is 13.3 Å². The number of carbonyl (C=O) groups excluding carboxylic acids is 2. The second kappa shape index (κ2) is 8.20. The van der Waals surface area contributed by atoms with Crippen LogP contribution in [0.1, 0.15) is 13.3 Å². The molecule has 16 heavy (non-hydrogen) atoms. The largest absolute Gasteiger partial charge is 0.460 e. The predicted octanol–water partition coefficient (Wildman–Crippen LogP) is -1.28. The second-order valence-corrected chi connectivity index (χ2v) is 3.33. The van der Waals surface area contributed by atoms with Gasteiger partial charge in [-0.05, 0) is 19.3 Å². The Labute approximate surface area is 93.8 Å². The number of esters is 1. The molecule has 0 bridgehead atoms. The Morgan fingerprint density at radius 2 is 1.81 bits per heavy atom. The van der Waals surface area contributed by atoms with E-state index in [1.165, 1.54) is 0 Å². The van der Waals surface area contributed by atoms with Crippen LogP contribution in [-0.4, -0.2) is 53.5 Å². The molecule has 2 atom stereocenters. The zero-order valence-corrected chi connectivity index (χ0v) is 9.26. The van der Waals surface area contributed by atoms with Crippen molar-refractivity contribution >= 4 is 11.8 Å². The first-order valence-corrected chi connectivity index (χ1v) is 5.15. The van der Waals surface area contributed by atoms with E-state index in [2.05, 4.69) is 4.74 Å². The van der Waals surface area contributed by atoms with E-state index >= 15 is 0 Å². The average Bonchev–Trinajstić information content (AvgIpc) is 2.28. The molecule has 94 valence electrons. The highest BCUT2D eigenvalue weighted by molar-refractivity contribution is 6.34. The maximum absolute atomic E-state index is 11.5. The number of aliphatic hydroxyl groups is 3. The molecule has 0 rings (SSSR count). The highest BCUT2D eigenvalue weighted by Gasteiger charge is 2.32. The van der Waals surface area contributed by atoms with Gasteiger partial charge in [-0.1, -0.05) is 0 Å². The fourth-order valence-electron chi connectivity index (χ4n) is 1.39. The lowest BCUT2D eigenvalue weighted by molar-refractivity contribution is -0.157. The predicted molar refractivity (Wildman–Crippen MR) is 54.5 cm³/mol. The Kier molecular flexibility index (Phi) is 7.70. The lowest BCUT2D eigenvalue weighted by Gasteiger charge is -2.20. The molecule has 0 heterocycles. The Morgan fingerprint density at radius 3 is 2.19 bits per heavy atom. The van der Waals surface area contributed by atoms with Crippen molar-refractivity contribution in [3.8, 4) is 0 Å². The van der Waals surface area contributed by atoms with Gasteiger partial charge in [-0.25, -0.2) is 4.79 Å². The van der Waals surface area contributed by atoms with E-state index in [0.717, 1.165) is 0 Å². The molecule has 0 radical (unpaired) electrons. The minimum absolute atomic E-state index is 0.0759. The normalized spacial score (nSPS) is 14.2. The zero-order chi connectivity index (χ0) is 12.6. The fraction of sp³-hybridized carbons (Fsp3) is 0.800. The smallest absolute Gasteiger partial charge is 0.374 e. The Balaban J connectivity index is 4.56. The van der Waals surface area contributed by atoms with Crippen molar-refractivity contribution in [1.29, 1.82) is 0 Å². The number of Topliss-reactive ketones (excluding diaryl/α,β-unsaturated/α-hetero) is 1. The van der Waals surface area contributed by atoms with E-state index in [4.69, 9.17) is 15.3 Å². The van der Waals surface area contributed by atoms with E-state index in [1.54, 1.807) is 6.92 Å². The molecule has 2 unspecified atom stereocenters. The van der Waals surface area contributed by atoms with E-state index in [1.807, 2.05) is 0 Å². The van der Waals surface area contributed by atoms with Gasteiger partial charge in [0.25, 0.3) is 0 Å². The van der Waals surface area contributed by atoms with Gasteiger partial charge in [-0.15, -0.1) is 0 Å². The molecule has 0 aromatic heterocycles. The van der Waals surface area contributed by atoms with Gasteiger partial charge in [0.15, 0.2) is 0 Å². The van der Waals surface area contributed by atoms with E-state index < -0.39 is 30.2 Å². The van der Waals surface area contributed by atoms with Crippen LogP contribution in [0.25, 0.3) is 0 Å². The highest BCUT2D eigenvalue weighted by atomic mass is 16.5. The fourth-order valence-corrected chi connectivity index (χ4v) is 1.39. The van der Waals surface area contributed by atoms with Gasteiger partial charge in [0.05, 0.1) is 19.1 Å². The molecule has 0 saturated heterocycles. The maximum atomic E-state index is 11.5. The van der Waals surface area contributed by atoms with Gasteiger partial charge in [0.1, 0.15) is 0 Å². The van der Waals surface area contributed by atoms with Crippen LogP contribution >= 0.6 is 0 Å². The van der Waals surface area contributed by atoms with Crippen LogP contribution in [0.15, 0.2) is 0 Å². The van der Waals surface area contributed by atoms with Crippen molar-refractivity contribution < 1.29 is 29.6 Å². The molecule has 0 aromatic rings. The quantitative estimate of drug-likeness (QED) is 0.357. The first-order valence-electron chi connectivity index (χ1n) is 5.15. The summed E-state index contributed by atoms with van der Waals surface area (Å²) in [7, 11) is 0. The molecule has 3 N–H and O–H groups in total. The lowest BCUT2D eigenvalue weighted by atomic mass is 9.87. The molecule has 0 amide bonds. The van der Waals surface area contributed by atoms with Gasteiger partial charge >= 0.3 is 5.97 Å². The monoisotopic (exact) mass is 234 g/mol.